The maximum absolute atomic E-state index is 13.1. The van der Waals surface area contributed by atoms with Crippen molar-refractivity contribution in [1.29, 1.82) is 0 Å². The minimum absolute atomic E-state index is 0.106. The van der Waals surface area contributed by atoms with Crippen molar-refractivity contribution in [2.75, 3.05) is 39.6 Å². The largest absolute Gasteiger partial charge is 0.472 e. The van der Waals surface area contributed by atoms with E-state index in [1.165, 1.54) is 225 Å². The topological polar surface area (TPSA) is 237 Å². The molecule has 98 heavy (non-hydrogen) atoms. The van der Waals surface area contributed by atoms with Crippen LogP contribution < -0.4 is 0 Å². The number of hydrogen-bond acceptors (Lipinski definition) is 15. The van der Waals surface area contributed by atoms with Crippen LogP contribution in [-0.4, -0.2) is 96.7 Å². The zero-order valence-corrected chi connectivity index (χ0v) is 65.9. The molecule has 19 heteroatoms. The molecule has 17 nitrogen and oxygen atoms in total. The molecule has 0 aliphatic heterocycles. The number of ether oxygens (including phenoxy) is 4. The van der Waals surface area contributed by atoms with Crippen molar-refractivity contribution >= 4 is 39.5 Å². The van der Waals surface area contributed by atoms with E-state index >= 15 is 0 Å². The fourth-order valence-electron chi connectivity index (χ4n) is 12.1. The number of aliphatic hydroxyl groups excluding tert-OH is 1. The number of rotatable bonds is 78. The van der Waals surface area contributed by atoms with Crippen molar-refractivity contribution in [3.63, 3.8) is 0 Å². The first-order chi connectivity index (χ1) is 47.4. The van der Waals surface area contributed by atoms with E-state index in [9.17, 15) is 43.2 Å². The fourth-order valence-corrected chi connectivity index (χ4v) is 13.7. The van der Waals surface area contributed by atoms with E-state index in [1.807, 2.05) is 0 Å². The molecule has 0 bridgehead atoms. The Morgan fingerprint density at radius 1 is 0.286 bits per heavy atom. The molecule has 0 amide bonds. The highest BCUT2D eigenvalue weighted by Gasteiger charge is 2.30. The molecule has 7 atom stereocenters. The van der Waals surface area contributed by atoms with Crippen LogP contribution in [0.4, 0.5) is 0 Å². The highest BCUT2D eigenvalue weighted by molar-refractivity contribution is 7.47. The van der Waals surface area contributed by atoms with Crippen molar-refractivity contribution in [1.82, 2.24) is 0 Å². The van der Waals surface area contributed by atoms with Crippen LogP contribution in [0.25, 0.3) is 0 Å². The van der Waals surface area contributed by atoms with Crippen LogP contribution in [0.1, 0.15) is 414 Å². The van der Waals surface area contributed by atoms with E-state index in [0.29, 0.717) is 25.7 Å². The summed E-state index contributed by atoms with van der Waals surface area (Å²) in [5, 5.41) is 10.6. The van der Waals surface area contributed by atoms with Crippen LogP contribution in [-0.2, 0) is 65.4 Å². The second-order valence-corrected chi connectivity index (χ2v) is 31.8. The Morgan fingerprint density at radius 2 is 0.490 bits per heavy atom. The number of carbonyl (C=O) groups excluding carboxylic acids is 4. The lowest BCUT2D eigenvalue weighted by molar-refractivity contribution is -0.161. The first kappa shape index (κ1) is 96.1. The first-order valence-corrected chi connectivity index (χ1v) is 44.1. The minimum atomic E-state index is -4.96. The Morgan fingerprint density at radius 3 is 0.724 bits per heavy atom. The second kappa shape index (κ2) is 70.7. The third-order valence-electron chi connectivity index (χ3n) is 19.2. The van der Waals surface area contributed by atoms with Gasteiger partial charge < -0.3 is 33.8 Å². The fraction of sp³-hybridized carbons (Fsp3) is 0.949. The van der Waals surface area contributed by atoms with Gasteiger partial charge in [-0.2, -0.15) is 0 Å². The van der Waals surface area contributed by atoms with Gasteiger partial charge in [-0.25, -0.2) is 9.13 Å². The molecule has 0 aliphatic rings. The number of hydrogen-bond donors (Lipinski definition) is 3. The molecule has 582 valence electrons. The summed E-state index contributed by atoms with van der Waals surface area (Å²) in [4.78, 5) is 72.6. The van der Waals surface area contributed by atoms with Gasteiger partial charge in [-0.15, -0.1) is 0 Å². The summed E-state index contributed by atoms with van der Waals surface area (Å²) in [5.41, 5.74) is 0. The lowest BCUT2D eigenvalue weighted by Gasteiger charge is -2.21. The van der Waals surface area contributed by atoms with Gasteiger partial charge in [-0.3, -0.25) is 37.3 Å². The quantitative estimate of drug-likeness (QED) is 0.0222. The molecule has 0 saturated heterocycles. The number of phosphoric acid groups is 2. The molecule has 0 heterocycles. The normalized spacial score (nSPS) is 14.5. The van der Waals surface area contributed by atoms with Crippen molar-refractivity contribution < 1.29 is 80.2 Å². The van der Waals surface area contributed by atoms with Crippen molar-refractivity contribution in [3.05, 3.63) is 0 Å². The van der Waals surface area contributed by atoms with Gasteiger partial charge in [-0.1, -0.05) is 363 Å². The SMILES string of the molecule is CCCCCCCCCCCCCCCCCCCC(=O)OC[C@H](COP(=O)(O)OC[C@@H](O)COP(=O)(O)OC[C@@H](COC(=O)CCCCCCC)OC(=O)CCCCCCCCCCCCC(C)CC)OC(=O)CCCCCCCCCCCCCCCCCCCCC(C)CC. The molecule has 0 spiro atoms. The Kier molecular flexibility index (Phi) is 69.3. The Hall–Kier alpha value is -1.94. The van der Waals surface area contributed by atoms with Crippen molar-refractivity contribution in [3.8, 4) is 0 Å². The van der Waals surface area contributed by atoms with Crippen LogP contribution in [0.3, 0.4) is 0 Å². The number of esters is 4. The molecular formula is C79H154O17P2. The van der Waals surface area contributed by atoms with E-state index in [4.69, 9.17) is 37.0 Å². The third-order valence-corrected chi connectivity index (χ3v) is 21.1. The maximum Gasteiger partial charge on any atom is 0.472 e. The summed E-state index contributed by atoms with van der Waals surface area (Å²) >= 11 is 0. The summed E-state index contributed by atoms with van der Waals surface area (Å²) in [7, 11) is -9.91. The van der Waals surface area contributed by atoms with Gasteiger partial charge in [0.2, 0.25) is 0 Å². The zero-order chi connectivity index (χ0) is 72.1. The summed E-state index contributed by atoms with van der Waals surface area (Å²) in [6.45, 7) is 9.62. The Bertz CT molecular complexity index is 1890. The number of carbonyl (C=O) groups is 4. The Balaban J connectivity index is 5.12. The van der Waals surface area contributed by atoms with Gasteiger partial charge in [0.15, 0.2) is 12.2 Å². The lowest BCUT2D eigenvalue weighted by atomic mass is 9.99. The zero-order valence-electron chi connectivity index (χ0n) is 64.1. The van der Waals surface area contributed by atoms with Crippen molar-refractivity contribution in [2.45, 2.75) is 432 Å². The molecule has 0 saturated carbocycles. The monoisotopic (exact) mass is 1440 g/mol. The van der Waals surface area contributed by atoms with Gasteiger partial charge in [0.25, 0.3) is 0 Å². The predicted octanol–water partition coefficient (Wildman–Crippen LogP) is 23.5. The number of phosphoric ester groups is 2. The van der Waals surface area contributed by atoms with Gasteiger partial charge in [0, 0.05) is 25.7 Å². The highest BCUT2D eigenvalue weighted by atomic mass is 31.2. The second-order valence-electron chi connectivity index (χ2n) is 28.9. The van der Waals surface area contributed by atoms with E-state index < -0.39 is 97.5 Å². The number of aliphatic hydroxyl groups is 1. The maximum atomic E-state index is 13.1. The van der Waals surface area contributed by atoms with Crippen molar-refractivity contribution in [2.24, 2.45) is 11.8 Å². The van der Waals surface area contributed by atoms with E-state index in [0.717, 1.165) is 108 Å². The molecule has 0 radical (unpaired) electrons. The average Bonchev–Trinajstić information content (AvgIpc) is 1.08. The highest BCUT2D eigenvalue weighted by Crippen LogP contribution is 2.45. The van der Waals surface area contributed by atoms with Crippen LogP contribution in [0, 0.1) is 11.8 Å². The molecule has 0 rings (SSSR count). The van der Waals surface area contributed by atoms with Gasteiger partial charge in [0.05, 0.1) is 26.4 Å². The molecule has 0 fully saturated rings. The number of unbranched alkanes of at least 4 members (excludes halogenated alkanes) is 46. The van der Waals surface area contributed by atoms with Gasteiger partial charge >= 0.3 is 39.5 Å². The average molecular weight is 1440 g/mol. The smallest absolute Gasteiger partial charge is 0.462 e. The summed E-state index contributed by atoms with van der Waals surface area (Å²) in [6, 6.07) is 0. The summed E-state index contributed by atoms with van der Waals surface area (Å²) in [5.74, 6) is -0.449. The van der Waals surface area contributed by atoms with Gasteiger partial charge in [0.1, 0.15) is 19.3 Å². The molecule has 3 N–H and O–H groups in total. The molecule has 0 aromatic heterocycles. The third kappa shape index (κ3) is 69.8. The van der Waals surface area contributed by atoms with E-state index in [2.05, 4.69) is 41.5 Å². The first-order valence-electron chi connectivity index (χ1n) is 41.1. The molecule has 0 aromatic carbocycles. The van der Waals surface area contributed by atoms with Crippen LogP contribution in [0.2, 0.25) is 0 Å². The Labute approximate surface area is 600 Å². The van der Waals surface area contributed by atoms with E-state index in [1.54, 1.807) is 0 Å². The predicted molar refractivity (Wildman–Crippen MR) is 400 cm³/mol. The summed E-state index contributed by atoms with van der Waals surface area (Å²) in [6.07, 6.45) is 60.0. The molecular weight excluding hydrogens is 1280 g/mol. The van der Waals surface area contributed by atoms with Gasteiger partial charge in [-0.05, 0) is 37.5 Å². The standard InChI is InChI=1S/C79H154O17P2/c1-7-11-13-15-16-17-18-19-20-23-27-30-33-39-44-50-56-62-77(82)90-68-75(96-79(84)63-57-51-45-40-34-31-28-25-22-21-24-26-29-32-37-42-48-53-59-71(5)9-3)70-94-98(87,88)92-66-73(80)65-91-97(85,86)93-69-74(67-89-76(81)61-55-47-14-12-8-2)95-78(83)64-58-52-46-41-36-35-38-43-49-54-60-72(6)10-4/h71-75,80H,7-70H2,1-6H3,(H,85,86)(H,87,88)/t71?,72?,73-,74+,75+/m0/s1. The summed E-state index contributed by atoms with van der Waals surface area (Å²) < 4.78 is 68.4. The molecule has 4 unspecified atom stereocenters. The van der Waals surface area contributed by atoms with Crippen LogP contribution in [0.5, 0.6) is 0 Å². The van der Waals surface area contributed by atoms with Crippen LogP contribution >= 0.6 is 15.6 Å². The molecule has 0 aliphatic carbocycles. The van der Waals surface area contributed by atoms with E-state index in [-0.39, 0.29) is 25.7 Å². The van der Waals surface area contributed by atoms with Crippen LogP contribution in [0.15, 0.2) is 0 Å². The minimum Gasteiger partial charge on any atom is -0.462 e. The lowest BCUT2D eigenvalue weighted by Crippen LogP contribution is -2.30. The molecule has 0 aromatic rings.